The molecule has 0 bridgehead atoms. The third kappa shape index (κ3) is 4.04. The smallest absolute Gasteiger partial charge is 0.306 e. The maximum atomic E-state index is 11.6. The predicted molar refractivity (Wildman–Crippen MR) is 67.8 cm³/mol. The molecule has 3 heteroatoms. The van der Waals surface area contributed by atoms with Crippen molar-refractivity contribution in [3.8, 4) is 0 Å². The van der Waals surface area contributed by atoms with Gasteiger partial charge in [0.15, 0.2) is 0 Å². The maximum absolute atomic E-state index is 11.6. The van der Waals surface area contributed by atoms with Crippen LogP contribution in [0.25, 0.3) is 0 Å². The van der Waals surface area contributed by atoms with Gasteiger partial charge in [-0.2, -0.15) is 0 Å². The number of benzene rings is 1. The van der Waals surface area contributed by atoms with Crippen LogP contribution in [0.1, 0.15) is 37.7 Å². The molecule has 1 aliphatic carbocycles. The largest absolute Gasteiger partial charge is 0.461 e. The molecule has 0 radical (unpaired) electrons. The van der Waals surface area contributed by atoms with Gasteiger partial charge >= 0.3 is 5.97 Å². The molecular formula is C14H17ClO2. The molecule has 1 aliphatic rings. The second-order valence-electron chi connectivity index (χ2n) is 4.64. The van der Waals surface area contributed by atoms with Gasteiger partial charge in [0.05, 0.1) is 0 Å². The molecule has 0 aliphatic heterocycles. The third-order valence-corrected chi connectivity index (χ3v) is 3.50. The van der Waals surface area contributed by atoms with Gasteiger partial charge in [0.25, 0.3) is 0 Å². The van der Waals surface area contributed by atoms with E-state index in [-0.39, 0.29) is 5.97 Å². The van der Waals surface area contributed by atoms with E-state index in [1.54, 1.807) is 0 Å². The molecule has 0 saturated heterocycles. The lowest BCUT2D eigenvalue weighted by Crippen LogP contribution is -2.09. The van der Waals surface area contributed by atoms with Crippen molar-refractivity contribution in [3.63, 3.8) is 0 Å². The molecule has 0 atom stereocenters. The van der Waals surface area contributed by atoms with Crippen molar-refractivity contribution in [2.24, 2.45) is 5.92 Å². The van der Waals surface area contributed by atoms with Crippen molar-refractivity contribution < 1.29 is 9.53 Å². The molecule has 0 unspecified atom stereocenters. The van der Waals surface area contributed by atoms with E-state index in [9.17, 15) is 4.79 Å². The quantitative estimate of drug-likeness (QED) is 0.758. The number of carbonyl (C=O) groups is 1. The Hall–Kier alpha value is -1.02. The van der Waals surface area contributed by atoms with Crippen LogP contribution < -0.4 is 0 Å². The highest BCUT2D eigenvalue weighted by Gasteiger charge is 2.19. The standard InChI is InChI=1S/C14H17ClO2/c15-13-7-5-12(6-8-13)10-17-14(16)9-11-3-1-2-4-11/h5-8,11H,1-4,9-10H2. The van der Waals surface area contributed by atoms with Gasteiger partial charge < -0.3 is 4.74 Å². The van der Waals surface area contributed by atoms with E-state index in [0.717, 1.165) is 5.56 Å². The molecule has 1 saturated carbocycles. The van der Waals surface area contributed by atoms with Gasteiger partial charge in [-0.25, -0.2) is 0 Å². The molecule has 0 N–H and O–H groups in total. The molecule has 0 amide bonds. The lowest BCUT2D eigenvalue weighted by Gasteiger charge is -2.09. The topological polar surface area (TPSA) is 26.3 Å². The molecule has 17 heavy (non-hydrogen) atoms. The zero-order valence-electron chi connectivity index (χ0n) is 9.82. The van der Waals surface area contributed by atoms with Crippen molar-refractivity contribution in [2.45, 2.75) is 38.7 Å². The van der Waals surface area contributed by atoms with Gasteiger partial charge in [-0.3, -0.25) is 4.79 Å². The van der Waals surface area contributed by atoms with Gasteiger partial charge in [-0.05, 0) is 36.5 Å². The molecular weight excluding hydrogens is 236 g/mol. The Bertz CT molecular complexity index is 366. The van der Waals surface area contributed by atoms with Crippen molar-refractivity contribution >= 4 is 17.6 Å². The number of rotatable bonds is 4. The molecule has 1 aromatic carbocycles. The minimum atomic E-state index is -0.0770. The van der Waals surface area contributed by atoms with Gasteiger partial charge in [0.2, 0.25) is 0 Å². The number of carbonyl (C=O) groups excluding carboxylic acids is 1. The summed E-state index contributed by atoms with van der Waals surface area (Å²) in [5.41, 5.74) is 0.981. The van der Waals surface area contributed by atoms with Crippen molar-refractivity contribution in [3.05, 3.63) is 34.9 Å². The molecule has 0 aromatic heterocycles. The zero-order valence-corrected chi connectivity index (χ0v) is 10.6. The molecule has 1 fully saturated rings. The Morgan fingerprint density at radius 1 is 1.24 bits per heavy atom. The summed E-state index contributed by atoms with van der Waals surface area (Å²) >= 11 is 5.78. The Morgan fingerprint density at radius 2 is 1.88 bits per heavy atom. The minimum Gasteiger partial charge on any atom is -0.461 e. The highest BCUT2D eigenvalue weighted by molar-refractivity contribution is 6.30. The van der Waals surface area contributed by atoms with Crippen molar-refractivity contribution in [2.75, 3.05) is 0 Å². The molecule has 2 rings (SSSR count). The number of halogens is 1. The highest BCUT2D eigenvalue weighted by Crippen LogP contribution is 2.27. The zero-order chi connectivity index (χ0) is 12.1. The average Bonchev–Trinajstić information content (AvgIpc) is 2.81. The Morgan fingerprint density at radius 3 is 2.53 bits per heavy atom. The predicted octanol–water partition coefficient (Wildman–Crippen LogP) is 3.96. The van der Waals surface area contributed by atoms with Crippen LogP contribution in [0, 0.1) is 5.92 Å². The summed E-state index contributed by atoms with van der Waals surface area (Å²) in [5, 5.41) is 0.700. The van der Waals surface area contributed by atoms with Crippen LogP contribution >= 0.6 is 11.6 Å². The fraction of sp³-hybridized carbons (Fsp3) is 0.500. The van der Waals surface area contributed by atoms with Crippen molar-refractivity contribution in [1.29, 1.82) is 0 Å². The first-order valence-electron chi connectivity index (χ1n) is 6.14. The summed E-state index contributed by atoms with van der Waals surface area (Å²) in [4.78, 5) is 11.6. The van der Waals surface area contributed by atoms with Crippen LogP contribution in [-0.2, 0) is 16.1 Å². The molecule has 92 valence electrons. The summed E-state index contributed by atoms with van der Waals surface area (Å²) < 4.78 is 5.25. The van der Waals surface area contributed by atoms with Crippen LogP contribution in [0.5, 0.6) is 0 Å². The molecule has 1 aromatic rings. The number of hydrogen-bond acceptors (Lipinski definition) is 2. The maximum Gasteiger partial charge on any atom is 0.306 e. The fourth-order valence-electron chi connectivity index (χ4n) is 2.25. The summed E-state index contributed by atoms with van der Waals surface area (Å²) in [6, 6.07) is 7.37. The Labute approximate surface area is 107 Å². The van der Waals surface area contributed by atoms with Crippen LogP contribution in [-0.4, -0.2) is 5.97 Å². The Balaban J connectivity index is 1.73. The average molecular weight is 253 g/mol. The number of ether oxygens (including phenoxy) is 1. The summed E-state index contributed by atoms with van der Waals surface area (Å²) in [6.07, 6.45) is 5.45. The number of hydrogen-bond donors (Lipinski definition) is 0. The van der Waals surface area contributed by atoms with E-state index in [4.69, 9.17) is 16.3 Å². The van der Waals surface area contributed by atoms with Gasteiger partial charge in [-0.15, -0.1) is 0 Å². The second kappa shape index (κ2) is 6.06. The van der Waals surface area contributed by atoms with E-state index in [0.29, 0.717) is 24.0 Å². The van der Waals surface area contributed by atoms with E-state index < -0.39 is 0 Å². The van der Waals surface area contributed by atoms with Crippen LogP contribution in [0.3, 0.4) is 0 Å². The highest BCUT2D eigenvalue weighted by atomic mass is 35.5. The third-order valence-electron chi connectivity index (χ3n) is 3.24. The normalized spacial score (nSPS) is 16.1. The summed E-state index contributed by atoms with van der Waals surface area (Å²) in [6.45, 7) is 0.350. The molecule has 2 nitrogen and oxygen atoms in total. The first-order chi connectivity index (χ1) is 8.24. The summed E-state index contributed by atoms with van der Waals surface area (Å²) in [5.74, 6) is 0.472. The van der Waals surface area contributed by atoms with Gasteiger partial charge in [-0.1, -0.05) is 36.6 Å². The van der Waals surface area contributed by atoms with Gasteiger partial charge in [0.1, 0.15) is 6.61 Å². The van der Waals surface area contributed by atoms with E-state index >= 15 is 0 Å². The minimum absolute atomic E-state index is 0.0770. The fourth-order valence-corrected chi connectivity index (χ4v) is 2.38. The van der Waals surface area contributed by atoms with E-state index in [1.165, 1.54) is 25.7 Å². The van der Waals surface area contributed by atoms with Gasteiger partial charge in [0, 0.05) is 11.4 Å². The second-order valence-corrected chi connectivity index (χ2v) is 5.08. The van der Waals surface area contributed by atoms with E-state index in [2.05, 4.69) is 0 Å². The summed E-state index contributed by atoms with van der Waals surface area (Å²) in [7, 11) is 0. The first kappa shape index (κ1) is 12.4. The molecule has 0 spiro atoms. The number of esters is 1. The SMILES string of the molecule is O=C(CC1CCCC1)OCc1ccc(Cl)cc1. The Kier molecular flexibility index (Phi) is 4.43. The first-order valence-corrected chi connectivity index (χ1v) is 6.52. The monoisotopic (exact) mass is 252 g/mol. The van der Waals surface area contributed by atoms with Crippen LogP contribution in [0.4, 0.5) is 0 Å². The molecule has 0 heterocycles. The van der Waals surface area contributed by atoms with Crippen LogP contribution in [0.2, 0.25) is 5.02 Å². The van der Waals surface area contributed by atoms with E-state index in [1.807, 2.05) is 24.3 Å². The van der Waals surface area contributed by atoms with Crippen molar-refractivity contribution in [1.82, 2.24) is 0 Å². The lowest BCUT2D eigenvalue weighted by atomic mass is 10.0. The van der Waals surface area contributed by atoms with Crippen LogP contribution in [0.15, 0.2) is 24.3 Å². The lowest BCUT2D eigenvalue weighted by molar-refractivity contribution is -0.146.